The van der Waals surface area contributed by atoms with Gasteiger partial charge in [-0.3, -0.25) is 9.59 Å². The summed E-state index contributed by atoms with van der Waals surface area (Å²) < 4.78 is 10.7. The molecule has 0 aliphatic carbocycles. The third-order valence-corrected chi connectivity index (χ3v) is 6.08. The molecule has 1 aliphatic heterocycles. The Morgan fingerprint density at radius 2 is 1.91 bits per heavy atom. The second-order valence-corrected chi connectivity index (χ2v) is 8.17. The quantitative estimate of drug-likeness (QED) is 0.575. The fourth-order valence-corrected chi connectivity index (χ4v) is 4.14. The number of hydrazone groups is 1. The molecule has 0 saturated heterocycles. The molecule has 7 nitrogen and oxygen atoms in total. The summed E-state index contributed by atoms with van der Waals surface area (Å²) in [6.07, 6.45) is 2.29. The highest BCUT2D eigenvalue weighted by Gasteiger charge is 2.29. The lowest BCUT2D eigenvalue weighted by atomic mass is 9.93. The van der Waals surface area contributed by atoms with E-state index in [1.165, 1.54) is 16.3 Å². The van der Waals surface area contributed by atoms with Gasteiger partial charge in [0.15, 0.2) is 11.5 Å². The molecular formula is C24H23N3O4S. The number of thiophene rings is 1. The molecule has 2 heterocycles. The Morgan fingerprint density at radius 3 is 2.59 bits per heavy atom. The minimum absolute atomic E-state index is 0.0743. The Morgan fingerprint density at radius 1 is 1.12 bits per heavy atom. The van der Waals surface area contributed by atoms with Crippen molar-refractivity contribution in [2.24, 2.45) is 5.10 Å². The number of carbonyl (C=O) groups excluding carboxylic acids is 2. The number of benzene rings is 2. The number of carbonyl (C=O) groups is 2. The molecule has 164 valence electrons. The number of ether oxygens (including phenoxy) is 2. The van der Waals surface area contributed by atoms with Gasteiger partial charge in [-0.15, -0.1) is 11.3 Å². The predicted octanol–water partition coefficient (Wildman–Crippen LogP) is 4.52. The summed E-state index contributed by atoms with van der Waals surface area (Å²) in [7, 11) is 3.15. The Bertz CT molecular complexity index is 1130. The van der Waals surface area contributed by atoms with Crippen molar-refractivity contribution in [3.05, 3.63) is 76.0 Å². The number of nitrogens with zero attached hydrogens (tertiary/aromatic N) is 2. The summed E-state index contributed by atoms with van der Waals surface area (Å²) in [6.45, 7) is 0.346. The average molecular weight is 450 g/mol. The first-order chi connectivity index (χ1) is 15.6. The van der Waals surface area contributed by atoms with E-state index >= 15 is 0 Å². The van der Waals surface area contributed by atoms with Crippen molar-refractivity contribution < 1.29 is 19.1 Å². The molecular weight excluding hydrogens is 426 g/mol. The Balaban J connectivity index is 1.43. The van der Waals surface area contributed by atoms with Crippen molar-refractivity contribution >= 4 is 35.1 Å². The van der Waals surface area contributed by atoms with Crippen LogP contribution in [0.2, 0.25) is 0 Å². The fourth-order valence-electron chi connectivity index (χ4n) is 3.52. The Kier molecular flexibility index (Phi) is 6.51. The van der Waals surface area contributed by atoms with Gasteiger partial charge in [0.05, 0.1) is 31.6 Å². The molecule has 4 rings (SSSR count). The third-order valence-electron chi connectivity index (χ3n) is 5.21. The third kappa shape index (κ3) is 4.65. The summed E-state index contributed by atoms with van der Waals surface area (Å²) in [5, 5.41) is 10.5. The van der Waals surface area contributed by atoms with Crippen molar-refractivity contribution in [1.29, 1.82) is 0 Å². The predicted molar refractivity (Wildman–Crippen MR) is 125 cm³/mol. The van der Waals surface area contributed by atoms with Crippen LogP contribution in [-0.4, -0.2) is 37.3 Å². The van der Waals surface area contributed by atoms with Crippen molar-refractivity contribution in [1.82, 2.24) is 5.01 Å². The molecule has 32 heavy (non-hydrogen) atoms. The minimum atomic E-state index is -0.336. The highest BCUT2D eigenvalue weighted by Crippen LogP contribution is 2.33. The highest BCUT2D eigenvalue weighted by molar-refractivity contribution is 7.12. The first-order valence-electron chi connectivity index (χ1n) is 10.1. The standard InChI is InChI=1S/C24H23N3O4S/c1-30-20-10-7-17(14-21(20)31-2)19-11-12-25-27(24(19)29)15-16-5-8-18(9-6-16)26-23(28)22-4-3-13-32-22/h3-10,12-14,19H,11,15H2,1-2H3,(H,26,28). The minimum Gasteiger partial charge on any atom is -0.493 e. The molecule has 1 aliphatic rings. The van der Waals surface area contributed by atoms with Crippen LogP contribution in [0, 0.1) is 0 Å². The van der Waals surface area contributed by atoms with Gasteiger partial charge in [0.25, 0.3) is 11.8 Å². The maximum Gasteiger partial charge on any atom is 0.265 e. The molecule has 0 saturated carbocycles. The van der Waals surface area contributed by atoms with E-state index in [-0.39, 0.29) is 17.7 Å². The van der Waals surface area contributed by atoms with E-state index in [1.54, 1.807) is 32.6 Å². The van der Waals surface area contributed by atoms with Crippen LogP contribution in [0.1, 0.15) is 33.1 Å². The van der Waals surface area contributed by atoms with E-state index in [1.807, 2.05) is 47.8 Å². The number of methoxy groups -OCH3 is 2. The van der Waals surface area contributed by atoms with Crippen LogP contribution in [0.5, 0.6) is 11.5 Å². The van der Waals surface area contributed by atoms with E-state index in [9.17, 15) is 9.59 Å². The van der Waals surface area contributed by atoms with Crippen LogP contribution in [0.4, 0.5) is 5.69 Å². The van der Waals surface area contributed by atoms with Crippen molar-refractivity contribution in [2.45, 2.75) is 18.9 Å². The number of hydrogen-bond acceptors (Lipinski definition) is 6. The largest absolute Gasteiger partial charge is 0.493 e. The summed E-state index contributed by atoms with van der Waals surface area (Å²) >= 11 is 1.39. The Labute approximate surface area is 190 Å². The maximum atomic E-state index is 13.1. The van der Waals surface area contributed by atoms with E-state index in [0.717, 1.165) is 11.1 Å². The molecule has 1 atom stereocenters. The Hall–Kier alpha value is -3.65. The van der Waals surface area contributed by atoms with E-state index in [2.05, 4.69) is 10.4 Å². The van der Waals surface area contributed by atoms with E-state index < -0.39 is 0 Å². The van der Waals surface area contributed by atoms with Crippen LogP contribution in [-0.2, 0) is 11.3 Å². The van der Waals surface area contributed by atoms with Gasteiger partial charge in [-0.1, -0.05) is 24.3 Å². The van der Waals surface area contributed by atoms with Gasteiger partial charge in [-0.2, -0.15) is 5.10 Å². The zero-order valence-corrected chi connectivity index (χ0v) is 18.6. The molecule has 2 amide bonds. The van der Waals surface area contributed by atoms with Crippen LogP contribution in [0.15, 0.2) is 65.1 Å². The van der Waals surface area contributed by atoms with Crippen molar-refractivity contribution in [3.63, 3.8) is 0 Å². The molecule has 1 unspecified atom stereocenters. The van der Waals surface area contributed by atoms with E-state index in [0.29, 0.717) is 35.0 Å². The van der Waals surface area contributed by atoms with Crippen LogP contribution in [0.25, 0.3) is 0 Å². The molecule has 1 aromatic heterocycles. The zero-order valence-electron chi connectivity index (χ0n) is 17.8. The van der Waals surface area contributed by atoms with Gasteiger partial charge in [0.1, 0.15) is 0 Å². The van der Waals surface area contributed by atoms with Crippen LogP contribution in [0.3, 0.4) is 0 Å². The van der Waals surface area contributed by atoms with Gasteiger partial charge in [0, 0.05) is 18.3 Å². The zero-order chi connectivity index (χ0) is 22.5. The normalized spacial score (nSPS) is 15.5. The molecule has 8 heteroatoms. The number of rotatable bonds is 7. The highest BCUT2D eigenvalue weighted by atomic mass is 32.1. The molecule has 0 spiro atoms. The van der Waals surface area contributed by atoms with Gasteiger partial charge in [0.2, 0.25) is 0 Å². The van der Waals surface area contributed by atoms with Crippen LogP contribution < -0.4 is 14.8 Å². The molecule has 1 N–H and O–H groups in total. The first-order valence-corrected chi connectivity index (χ1v) is 11.0. The lowest BCUT2D eigenvalue weighted by Crippen LogP contribution is -2.34. The maximum absolute atomic E-state index is 13.1. The monoisotopic (exact) mass is 449 g/mol. The smallest absolute Gasteiger partial charge is 0.265 e. The summed E-state index contributed by atoms with van der Waals surface area (Å²) in [4.78, 5) is 26.0. The van der Waals surface area contributed by atoms with Crippen molar-refractivity contribution in [3.8, 4) is 11.5 Å². The topological polar surface area (TPSA) is 80.2 Å². The number of nitrogens with one attached hydrogen (secondary N) is 1. The summed E-state index contributed by atoms with van der Waals surface area (Å²) in [5.74, 6) is 0.663. The molecule has 0 fully saturated rings. The summed E-state index contributed by atoms with van der Waals surface area (Å²) in [5.41, 5.74) is 2.47. The SMILES string of the molecule is COc1ccc(C2CC=NN(Cc3ccc(NC(=O)c4cccs4)cc3)C2=O)cc1OC. The fraction of sp³-hybridized carbons (Fsp3) is 0.208. The number of hydrogen-bond donors (Lipinski definition) is 1. The lowest BCUT2D eigenvalue weighted by molar-refractivity contribution is -0.134. The summed E-state index contributed by atoms with van der Waals surface area (Å²) in [6, 6.07) is 16.6. The first kappa shape index (κ1) is 21.6. The second kappa shape index (κ2) is 9.65. The van der Waals surface area contributed by atoms with Gasteiger partial charge < -0.3 is 14.8 Å². The number of anilines is 1. The molecule has 0 bridgehead atoms. The number of amides is 2. The second-order valence-electron chi connectivity index (χ2n) is 7.22. The van der Waals surface area contributed by atoms with Gasteiger partial charge >= 0.3 is 0 Å². The molecule has 0 radical (unpaired) electrons. The lowest BCUT2D eigenvalue weighted by Gasteiger charge is -2.27. The van der Waals surface area contributed by atoms with Crippen molar-refractivity contribution in [2.75, 3.05) is 19.5 Å². The molecule has 2 aromatic carbocycles. The van der Waals surface area contributed by atoms with Gasteiger partial charge in [-0.25, -0.2) is 5.01 Å². The van der Waals surface area contributed by atoms with E-state index in [4.69, 9.17) is 9.47 Å². The average Bonchev–Trinajstić information content (AvgIpc) is 3.36. The molecule has 3 aromatic rings. The van der Waals surface area contributed by atoms with Crippen LogP contribution >= 0.6 is 11.3 Å². The van der Waals surface area contributed by atoms with Gasteiger partial charge in [-0.05, 0) is 46.8 Å².